The van der Waals surface area contributed by atoms with Crippen LogP contribution in [0.2, 0.25) is 0 Å². The summed E-state index contributed by atoms with van der Waals surface area (Å²) >= 11 is 0. The molecule has 2 heterocycles. The third-order valence-corrected chi connectivity index (χ3v) is 4.25. The summed E-state index contributed by atoms with van der Waals surface area (Å²) in [5.74, 6) is 0. The molecule has 1 unspecified atom stereocenters. The van der Waals surface area contributed by atoms with E-state index >= 15 is 0 Å². The first-order valence-corrected chi connectivity index (χ1v) is 8.82. The number of methoxy groups -OCH3 is 1. The molecule has 3 rings (SSSR count). The minimum Gasteiger partial charge on any atom is -0.434 e. The third kappa shape index (κ3) is 3.43. The molecule has 28 heavy (non-hydrogen) atoms. The largest absolute Gasteiger partial charge is 0.516 e. The second kappa shape index (κ2) is 7.95. The first-order chi connectivity index (χ1) is 13.4. The van der Waals surface area contributed by atoms with Crippen molar-refractivity contribution in [3.05, 3.63) is 33.7 Å². The molecule has 0 aliphatic rings. The van der Waals surface area contributed by atoms with E-state index in [9.17, 15) is 9.59 Å². The standard InChI is InChI=1S/C18H22N4O6/c1-6-26-17(25-5)21-13-9-11(4)10(3)8-12(13)14-19-15(20-22(14)16(21)23)28-18(24)27-7-2/h8-9,17H,6-7H2,1-5H3. The van der Waals surface area contributed by atoms with Crippen LogP contribution >= 0.6 is 0 Å². The zero-order chi connectivity index (χ0) is 20.4. The van der Waals surface area contributed by atoms with E-state index in [1.54, 1.807) is 13.8 Å². The van der Waals surface area contributed by atoms with Crippen LogP contribution in [0, 0.1) is 13.8 Å². The minimum absolute atomic E-state index is 0.143. The number of carbonyl (C=O) groups excluding carboxylic acids is 1. The number of ether oxygens (including phenoxy) is 4. The topological polar surface area (TPSA) is 106 Å². The Labute approximate surface area is 160 Å². The van der Waals surface area contributed by atoms with Gasteiger partial charge in [0.25, 0.3) is 0 Å². The fraction of sp³-hybridized carbons (Fsp3) is 0.444. The molecule has 0 saturated heterocycles. The summed E-state index contributed by atoms with van der Waals surface area (Å²) in [6, 6.07) is 3.47. The summed E-state index contributed by atoms with van der Waals surface area (Å²) in [5, 5.41) is 4.65. The average Bonchev–Trinajstić information content (AvgIpc) is 3.07. The molecule has 10 nitrogen and oxygen atoms in total. The number of benzene rings is 1. The molecule has 0 aliphatic heterocycles. The fourth-order valence-electron chi connectivity index (χ4n) is 2.84. The summed E-state index contributed by atoms with van der Waals surface area (Å²) in [7, 11) is 1.44. The molecule has 0 bridgehead atoms. The van der Waals surface area contributed by atoms with Gasteiger partial charge in [0.05, 0.1) is 12.1 Å². The van der Waals surface area contributed by atoms with E-state index in [2.05, 4.69) is 10.1 Å². The van der Waals surface area contributed by atoms with E-state index in [4.69, 9.17) is 18.9 Å². The van der Waals surface area contributed by atoms with Gasteiger partial charge in [-0.3, -0.25) is 0 Å². The monoisotopic (exact) mass is 390 g/mol. The molecule has 0 spiro atoms. The van der Waals surface area contributed by atoms with Crippen LogP contribution in [0.1, 0.15) is 31.4 Å². The van der Waals surface area contributed by atoms with Gasteiger partial charge in [-0.15, -0.1) is 5.10 Å². The predicted octanol–water partition coefficient (Wildman–Crippen LogP) is 2.34. The van der Waals surface area contributed by atoms with Gasteiger partial charge in [-0.2, -0.15) is 9.50 Å². The van der Waals surface area contributed by atoms with Crippen molar-refractivity contribution in [1.82, 2.24) is 19.2 Å². The lowest BCUT2D eigenvalue weighted by molar-refractivity contribution is -0.171. The molecular formula is C18H22N4O6. The normalized spacial score (nSPS) is 12.5. The van der Waals surface area contributed by atoms with Crippen LogP contribution in [-0.4, -0.2) is 45.6 Å². The number of rotatable bonds is 6. The molecule has 0 amide bonds. The van der Waals surface area contributed by atoms with E-state index in [1.165, 1.54) is 11.7 Å². The van der Waals surface area contributed by atoms with Gasteiger partial charge in [-0.25, -0.2) is 14.2 Å². The van der Waals surface area contributed by atoms with Crippen molar-refractivity contribution < 1.29 is 23.7 Å². The van der Waals surface area contributed by atoms with Crippen LogP contribution < -0.4 is 10.4 Å². The Morgan fingerprint density at radius 1 is 1.18 bits per heavy atom. The van der Waals surface area contributed by atoms with Gasteiger partial charge >= 0.3 is 17.9 Å². The van der Waals surface area contributed by atoms with Crippen LogP contribution in [0.15, 0.2) is 16.9 Å². The predicted molar refractivity (Wildman–Crippen MR) is 99.5 cm³/mol. The third-order valence-electron chi connectivity index (χ3n) is 4.25. The number of fused-ring (bicyclic) bond motifs is 3. The summed E-state index contributed by atoms with van der Waals surface area (Å²) in [6.45, 7) is 7.81. The van der Waals surface area contributed by atoms with Gasteiger partial charge in [0.15, 0.2) is 5.65 Å². The van der Waals surface area contributed by atoms with Crippen molar-refractivity contribution in [2.45, 2.75) is 34.1 Å². The van der Waals surface area contributed by atoms with Gasteiger partial charge in [0, 0.05) is 19.1 Å². The van der Waals surface area contributed by atoms with Gasteiger partial charge in [-0.05, 0) is 51.0 Å². The molecule has 150 valence electrons. The highest BCUT2D eigenvalue weighted by Gasteiger charge is 2.22. The number of nitrogens with zero attached hydrogens (tertiary/aromatic N) is 4. The Bertz CT molecular complexity index is 1090. The maximum atomic E-state index is 13.1. The lowest BCUT2D eigenvalue weighted by Gasteiger charge is -2.20. The van der Waals surface area contributed by atoms with E-state index in [1.807, 2.05) is 26.0 Å². The number of carbonyl (C=O) groups is 1. The Morgan fingerprint density at radius 2 is 1.89 bits per heavy atom. The molecule has 0 radical (unpaired) electrons. The molecule has 0 aliphatic carbocycles. The second-order valence-electron chi connectivity index (χ2n) is 6.02. The molecular weight excluding hydrogens is 368 g/mol. The average molecular weight is 390 g/mol. The fourth-order valence-corrected chi connectivity index (χ4v) is 2.84. The summed E-state index contributed by atoms with van der Waals surface area (Å²) in [4.78, 5) is 28.9. The number of aromatic nitrogens is 4. The Kier molecular flexibility index (Phi) is 5.61. The van der Waals surface area contributed by atoms with Crippen LogP contribution in [0.5, 0.6) is 6.01 Å². The maximum Gasteiger partial charge on any atom is 0.516 e. The van der Waals surface area contributed by atoms with Crippen molar-refractivity contribution in [2.75, 3.05) is 20.3 Å². The molecule has 1 aromatic carbocycles. The number of hydrogen-bond acceptors (Lipinski definition) is 8. The van der Waals surface area contributed by atoms with Crippen molar-refractivity contribution in [3.8, 4) is 6.01 Å². The Morgan fingerprint density at radius 3 is 2.54 bits per heavy atom. The molecule has 0 saturated carbocycles. The Hall–Kier alpha value is -2.98. The highest BCUT2D eigenvalue weighted by atomic mass is 16.7. The lowest BCUT2D eigenvalue weighted by Crippen LogP contribution is -2.33. The first kappa shape index (κ1) is 19.8. The van der Waals surface area contributed by atoms with E-state index in [0.29, 0.717) is 17.5 Å². The van der Waals surface area contributed by atoms with Crippen LogP contribution in [0.3, 0.4) is 0 Å². The van der Waals surface area contributed by atoms with Crippen molar-refractivity contribution in [3.63, 3.8) is 0 Å². The second-order valence-corrected chi connectivity index (χ2v) is 6.02. The van der Waals surface area contributed by atoms with E-state index in [0.717, 1.165) is 15.6 Å². The van der Waals surface area contributed by atoms with Gasteiger partial charge < -0.3 is 18.9 Å². The summed E-state index contributed by atoms with van der Waals surface area (Å²) < 4.78 is 23.0. The SMILES string of the molecule is CCOC(=O)Oc1nc2c3cc(C)c(C)cc3n(C(OC)OCC)c(=O)n2n1. The maximum absolute atomic E-state index is 13.1. The van der Waals surface area contributed by atoms with Gasteiger partial charge in [-0.1, -0.05) is 0 Å². The molecule has 10 heteroatoms. The van der Waals surface area contributed by atoms with Gasteiger partial charge in [0.2, 0.25) is 6.41 Å². The lowest BCUT2D eigenvalue weighted by atomic mass is 10.1. The van der Waals surface area contributed by atoms with Crippen LogP contribution in [-0.2, 0) is 14.2 Å². The summed E-state index contributed by atoms with van der Waals surface area (Å²) in [5.41, 5.74) is 2.26. The zero-order valence-corrected chi connectivity index (χ0v) is 16.4. The summed E-state index contributed by atoms with van der Waals surface area (Å²) in [6.07, 6.45) is -1.90. The number of hydrogen-bond donors (Lipinski definition) is 0. The molecule has 1 atom stereocenters. The minimum atomic E-state index is -0.954. The van der Waals surface area contributed by atoms with Crippen LogP contribution in [0.25, 0.3) is 16.6 Å². The quantitative estimate of drug-likeness (QED) is 0.466. The molecule has 0 fully saturated rings. The van der Waals surface area contributed by atoms with E-state index in [-0.39, 0.29) is 18.3 Å². The molecule has 3 aromatic rings. The number of aryl methyl sites for hydroxylation is 2. The van der Waals surface area contributed by atoms with Crippen molar-refractivity contribution >= 4 is 22.7 Å². The smallest absolute Gasteiger partial charge is 0.434 e. The highest BCUT2D eigenvalue weighted by Crippen LogP contribution is 2.25. The molecule has 2 aromatic heterocycles. The van der Waals surface area contributed by atoms with E-state index < -0.39 is 18.3 Å². The van der Waals surface area contributed by atoms with Crippen molar-refractivity contribution in [1.29, 1.82) is 0 Å². The Balaban J connectivity index is 2.32. The molecule has 0 N–H and O–H groups in total. The first-order valence-electron chi connectivity index (χ1n) is 8.82. The van der Waals surface area contributed by atoms with Gasteiger partial charge in [0.1, 0.15) is 0 Å². The van der Waals surface area contributed by atoms with Crippen molar-refractivity contribution in [2.24, 2.45) is 0 Å². The highest BCUT2D eigenvalue weighted by molar-refractivity contribution is 5.92. The zero-order valence-electron chi connectivity index (χ0n) is 16.4. The van der Waals surface area contributed by atoms with Crippen LogP contribution in [0.4, 0.5) is 4.79 Å².